The standard InChI is InChI=1S/C7H6BFO/c1-10-5-2-3-7(9)6(8)4-5/h2-4H,1H3. The lowest BCUT2D eigenvalue weighted by atomic mass is 9.95. The van der Waals surface area contributed by atoms with Crippen LogP contribution >= 0.6 is 0 Å². The Kier molecular flexibility index (Phi) is 1.95. The van der Waals surface area contributed by atoms with Crippen LogP contribution < -0.4 is 10.2 Å². The lowest BCUT2D eigenvalue weighted by Crippen LogP contribution is -2.07. The van der Waals surface area contributed by atoms with Gasteiger partial charge in [0.15, 0.2) is 0 Å². The maximum absolute atomic E-state index is 12.5. The molecule has 0 atom stereocenters. The van der Waals surface area contributed by atoms with Crippen LogP contribution in [0.3, 0.4) is 0 Å². The summed E-state index contributed by atoms with van der Waals surface area (Å²) >= 11 is 0. The maximum Gasteiger partial charge on any atom is 0.118 e. The zero-order valence-corrected chi connectivity index (χ0v) is 5.60. The van der Waals surface area contributed by atoms with E-state index in [1.165, 1.54) is 25.3 Å². The molecule has 0 saturated carbocycles. The van der Waals surface area contributed by atoms with E-state index in [1.54, 1.807) is 0 Å². The molecule has 1 rings (SSSR count). The lowest BCUT2D eigenvalue weighted by Gasteiger charge is -2.00. The van der Waals surface area contributed by atoms with Gasteiger partial charge < -0.3 is 4.74 Å². The molecule has 0 spiro atoms. The fraction of sp³-hybridized carbons (Fsp3) is 0.143. The highest BCUT2D eigenvalue weighted by molar-refractivity contribution is 6.32. The molecule has 0 unspecified atom stereocenters. The van der Waals surface area contributed by atoms with Crippen molar-refractivity contribution in [3.05, 3.63) is 24.0 Å². The van der Waals surface area contributed by atoms with E-state index in [0.717, 1.165) is 0 Å². The number of methoxy groups -OCH3 is 1. The van der Waals surface area contributed by atoms with Crippen molar-refractivity contribution in [2.75, 3.05) is 7.11 Å². The van der Waals surface area contributed by atoms with Crippen LogP contribution in [0.4, 0.5) is 4.39 Å². The molecule has 3 heteroatoms. The van der Waals surface area contributed by atoms with E-state index < -0.39 is 5.82 Å². The quantitative estimate of drug-likeness (QED) is 0.514. The molecule has 10 heavy (non-hydrogen) atoms. The van der Waals surface area contributed by atoms with Crippen molar-refractivity contribution < 1.29 is 9.13 Å². The number of rotatable bonds is 1. The first-order valence-corrected chi connectivity index (χ1v) is 2.83. The van der Waals surface area contributed by atoms with Crippen LogP contribution in [0.2, 0.25) is 0 Å². The van der Waals surface area contributed by atoms with E-state index >= 15 is 0 Å². The predicted molar refractivity (Wildman–Crippen MR) is 38.3 cm³/mol. The van der Waals surface area contributed by atoms with Gasteiger partial charge in [-0.1, -0.05) is 5.46 Å². The first-order chi connectivity index (χ1) is 4.74. The number of benzene rings is 1. The Morgan fingerprint density at radius 3 is 2.70 bits per heavy atom. The molecule has 0 aliphatic carbocycles. The van der Waals surface area contributed by atoms with Gasteiger partial charge in [-0.05, 0) is 18.2 Å². The molecule has 0 heterocycles. The number of hydrogen-bond donors (Lipinski definition) is 0. The third kappa shape index (κ3) is 1.29. The summed E-state index contributed by atoms with van der Waals surface area (Å²) < 4.78 is 17.3. The van der Waals surface area contributed by atoms with E-state index in [1.807, 2.05) is 0 Å². The monoisotopic (exact) mass is 136 g/mol. The summed E-state index contributed by atoms with van der Waals surface area (Å²) in [6.45, 7) is 0. The molecular formula is C7H6BFO. The summed E-state index contributed by atoms with van der Waals surface area (Å²) in [5, 5.41) is 0. The first-order valence-electron chi connectivity index (χ1n) is 2.83. The van der Waals surface area contributed by atoms with E-state index in [4.69, 9.17) is 12.6 Å². The van der Waals surface area contributed by atoms with Crippen LogP contribution in [0.25, 0.3) is 0 Å². The Hall–Kier alpha value is -0.985. The number of halogens is 1. The van der Waals surface area contributed by atoms with Gasteiger partial charge in [-0.25, -0.2) is 4.39 Å². The zero-order chi connectivity index (χ0) is 7.56. The molecule has 0 amide bonds. The van der Waals surface area contributed by atoms with Gasteiger partial charge in [0, 0.05) is 0 Å². The Morgan fingerprint density at radius 2 is 2.20 bits per heavy atom. The molecule has 1 aromatic rings. The molecule has 2 radical (unpaired) electrons. The van der Waals surface area contributed by atoms with Gasteiger partial charge in [0.1, 0.15) is 19.4 Å². The third-order valence-corrected chi connectivity index (χ3v) is 1.20. The minimum absolute atomic E-state index is 0.111. The van der Waals surface area contributed by atoms with Gasteiger partial charge >= 0.3 is 0 Å². The van der Waals surface area contributed by atoms with Gasteiger partial charge in [0.25, 0.3) is 0 Å². The van der Waals surface area contributed by atoms with Crippen molar-refractivity contribution in [2.45, 2.75) is 0 Å². The van der Waals surface area contributed by atoms with Crippen molar-refractivity contribution >= 4 is 13.3 Å². The SMILES string of the molecule is [B]c1cc(OC)ccc1F. The molecule has 0 aromatic heterocycles. The Labute approximate surface area is 60.2 Å². The van der Waals surface area contributed by atoms with Crippen molar-refractivity contribution in [1.82, 2.24) is 0 Å². The van der Waals surface area contributed by atoms with Crippen LogP contribution in [0.5, 0.6) is 5.75 Å². The molecule has 0 aliphatic rings. The lowest BCUT2D eigenvalue weighted by molar-refractivity contribution is 0.414. The topological polar surface area (TPSA) is 9.23 Å². The zero-order valence-electron chi connectivity index (χ0n) is 5.60. The van der Waals surface area contributed by atoms with Gasteiger partial charge in [-0.3, -0.25) is 0 Å². The molecule has 0 N–H and O–H groups in total. The van der Waals surface area contributed by atoms with E-state index in [-0.39, 0.29) is 5.46 Å². The summed E-state index contributed by atoms with van der Waals surface area (Å²) in [6.07, 6.45) is 0. The van der Waals surface area contributed by atoms with Crippen molar-refractivity contribution in [2.24, 2.45) is 0 Å². The molecule has 0 bridgehead atoms. The Bertz CT molecular complexity index is 237. The van der Waals surface area contributed by atoms with Crippen LogP contribution in [0.15, 0.2) is 18.2 Å². The summed E-state index contributed by atoms with van der Waals surface area (Å²) in [5.41, 5.74) is 0.111. The fourth-order valence-corrected chi connectivity index (χ4v) is 0.649. The highest BCUT2D eigenvalue weighted by atomic mass is 19.1. The van der Waals surface area contributed by atoms with Crippen LogP contribution in [-0.2, 0) is 0 Å². The second kappa shape index (κ2) is 2.73. The van der Waals surface area contributed by atoms with E-state index in [2.05, 4.69) is 0 Å². The molecule has 1 nitrogen and oxygen atoms in total. The normalized spacial score (nSPS) is 9.40. The molecular weight excluding hydrogens is 130 g/mol. The molecule has 0 saturated heterocycles. The summed E-state index contributed by atoms with van der Waals surface area (Å²) in [5.74, 6) is 0.153. The van der Waals surface area contributed by atoms with E-state index in [9.17, 15) is 4.39 Å². The predicted octanol–water partition coefficient (Wildman–Crippen LogP) is 0.628. The highest BCUT2D eigenvalue weighted by Gasteiger charge is 1.96. The first kappa shape index (κ1) is 7.13. The third-order valence-electron chi connectivity index (χ3n) is 1.20. The molecule has 1 aromatic carbocycles. The summed E-state index contributed by atoms with van der Waals surface area (Å²) in [6, 6.07) is 4.23. The van der Waals surface area contributed by atoms with Crippen molar-refractivity contribution in [1.29, 1.82) is 0 Å². The van der Waals surface area contributed by atoms with Gasteiger partial charge in [-0.15, -0.1) is 0 Å². The van der Waals surface area contributed by atoms with Crippen LogP contribution in [0.1, 0.15) is 0 Å². The number of hydrogen-bond acceptors (Lipinski definition) is 1. The Balaban J connectivity index is 3.04. The molecule has 50 valence electrons. The maximum atomic E-state index is 12.5. The summed E-state index contributed by atoms with van der Waals surface area (Å²) in [7, 11) is 6.75. The largest absolute Gasteiger partial charge is 0.497 e. The van der Waals surface area contributed by atoms with Crippen LogP contribution in [0, 0.1) is 5.82 Å². The number of ether oxygens (including phenoxy) is 1. The Morgan fingerprint density at radius 1 is 1.50 bits per heavy atom. The molecule has 0 fully saturated rings. The minimum atomic E-state index is -0.416. The fourth-order valence-electron chi connectivity index (χ4n) is 0.649. The van der Waals surface area contributed by atoms with Crippen molar-refractivity contribution in [3.8, 4) is 5.75 Å². The average Bonchev–Trinajstić information content (AvgIpc) is 1.95. The van der Waals surface area contributed by atoms with Gasteiger partial charge in [-0.2, -0.15) is 0 Å². The average molecular weight is 136 g/mol. The second-order valence-electron chi connectivity index (χ2n) is 1.89. The minimum Gasteiger partial charge on any atom is -0.497 e. The second-order valence-corrected chi connectivity index (χ2v) is 1.89. The van der Waals surface area contributed by atoms with Gasteiger partial charge in [0.2, 0.25) is 0 Å². The smallest absolute Gasteiger partial charge is 0.118 e. The van der Waals surface area contributed by atoms with Crippen molar-refractivity contribution in [3.63, 3.8) is 0 Å². The van der Waals surface area contributed by atoms with Crippen LogP contribution in [-0.4, -0.2) is 15.0 Å². The summed E-state index contributed by atoms with van der Waals surface area (Å²) in [4.78, 5) is 0. The van der Waals surface area contributed by atoms with Gasteiger partial charge in [0.05, 0.1) is 7.11 Å². The highest BCUT2D eigenvalue weighted by Crippen LogP contribution is 2.06. The molecule has 0 aliphatic heterocycles. The van der Waals surface area contributed by atoms with E-state index in [0.29, 0.717) is 5.75 Å².